The molecule has 1 unspecified atom stereocenters. The van der Waals surface area contributed by atoms with Gasteiger partial charge in [-0.05, 0) is 53.9 Å². The van der Waals surface area contributed by atoms with E-state index in [2.05, 4.69) is 36.1 Å². The minimum absolute atomic E-state index is 0.186. The molecule has 0 saturated carbocycles. The largest absolute Gasteiger partial charge is 0.322 e. The monoisotopic (exact) mass is 344 g/mol. The van der Waals surface area contributed by atoms with Crippen LogP contribution in [-0.4, -0.2) is 5.84 Å². The molecular formula is C23H21FN2. The van der Waals surface area contributed by atoms with E-state index in [1.165, 1.54) is 17.7 Å². The van der Waals surface area contributed by atoms with Crippen molar-refractivity contribution < 1.29 is 4.39 Å². The maximum absolute atomic E-state index is 13.3. The molecule has 0 bridgehead atoms. The van der Waals surface area contributed by atoms with Crippen molar-refractivity contribution in [2.75, 3.05) is 4.90 Å². The van der Waals surface area contributed by atoms with Crippen LogP contribution in [0.25, 0.3) is 0 Å². The van der Waals surface area contributed by atoms with Crippen LogP contribution in [-0.2, 0) is 6.42 Å². The van der Waals surface area contributed by atoms with Crippen molar-refractivity contribution in [2.45, 2.75) is 25.8 Å². The van der Waals surface area contributed by atoms with Gasteiger partial charge in [-0.15, -0.1) is 0 Å². The van der Waals surface area contributed by atoms with E-state index >= 15 is 0 Å². The summed E-state index contributed by atoms with van der Waals surface area (Å²) in [6.45, 7) is 2.16. The van der Waals surface area contributed by atoms with Gasteiger partial charge in [0.1, 0.15) is 11.7 Å². The first-order valence-corrected chi connectivity index (χ1v) is 9.01. The van der Waals surface area contributed by atoms with Crippen LogP contribution in [0, 0.1) is 5.82 Å². The Balaban J connectivity index is 1.69. The van der Waals surface area contributed by atoms with Gasteiger partial charge in [0.2, 0.25) is 0 Å². The van der Waals surface area contributed by atoms with Crippen molar-refractivity contribution in [3.05, 3.63) is 95.8 Å². The Morgan fingerprint density at radius 1 is 0.923 bits per heavy atom. The predicted octanol–water partition coefficient (Wildman–Crippen LogP) is 6.07. The standard InChI is InChI=1S/C23H21FN2/c1-2-17-8-14-21(15-9-17)26-22(18-10-12-19(24)13-11-18)16-23(26)25-20-6-4-3-5-7-20/h3-15,22H,2,16H2,1H3. The van der Waals surface area contributed by atoms with E-state index in [0.29, 0.717) is 0 Å². The van der Waals surface area contributed by atoms with Gasteiger partial charge in [-0.1, -0.05) is 49.4 Å². The van der Waals surface area contributed by atoms with Crippen LogP contribution < -0.4 is 4.90 Å². The number of benzene rings is 3. The number of hydrogen-bond donors (Lipinski definition) is 0. The first-order chi connectivity index (χ1) is 12.7. The van der Waals surface area contributed by atoms with E-state index in [1.54, 1.807) is 0 Å². The number of halogens is 1. The maximum atomic E-state index is 13.3. The molecule has 3 aromatic rings. The van der Waals surface area contributed by atoms with Crippen LogP contribution in [0.4, 0.5) is 15.8 Å². The van der Waals surface area contributed by atoms with Crippen LogP contribution in [0.1, 0.15) is 30.5 Å². The van der Waals surface area contributed by atoms with E-state index in [1.807, 2.05) is 42.5 Å². The number of para-hydroxylation sites is 1. The summed E-state index contributed by atoms with van der Waals surface area (Å²) in [6.07, 6.45) is 1.86. The average molecular weight is 344 g/mol. The van der Waals surface area contributed by atoms with Crippen LogP contribution >= 0.6 is 0 Å². The molecular weight excluding hydrogens is 323 g/mol. The number of rotatable bonds is 4. The van der Waals surface area contributed by atoms with Crippen LogP contribution in [0.5, 0.6) is 0 Å². The summed E-state index contributed by atoms with van der Waals surface area (Å²) < 4.78 is 13.3. The first kappa shape index (κ1) is 16.5. The average Bonchev–Trinajstić information content (AvgIpc) is 2.67. The molecule has 0 aliphatic carbocycles. The highest BCUT2D eigenvalue weighted by Gasteiger charge is 2.36. The molecule has 3 aromatic carbocycles. The molecule has 3 heteroatoms. The fraction of sp³-hybridized carbons (Fsp3) is 0.174. The molecule has 2 nitrogen and oxygen atoms in total. The van der Waals surface area contributed by atoms with Gasteiger partial charge in [-0.2, -0.15) is 0 Å². The molecule has 0 spiro atoms. The fourth-order valence-electron chi connectivity index (χ4n) is 3.35. The van der Waals surface area contributed by atoms with Crippen LogP contribution in [0.2, 0.25) is 0 Å². The molecule has 4 rings (SSSR count). The molecule has 0 aromatic heterocycles. The number of nitrogens with zero attached hydrogens (tertiary/aromatic N) is 2. The lowest BCUT2D eigenvalue weighted by molar-refractivity contribution is 0.618. The van der Waals surface area contributed by atoms with Gasteiger partial charge in [0.25, 0.3) is 0 Å². The Bertz CT molecular complexity index is 899. The summed E-state index contributed by atoms with van der Waals surface area (Å²) in [6, 6.07) is 25.6. The van der Waals surface area contributed by atoms with Crippen molar-refractivity contribution in [3.63, 3.8) is 0 Å². The number of anilines is 1. The highest BCUT2D eigenvalue weighted by Crippen LogP contribution is 2.40. The molecule has 0 radical (unpaired) electrons. The summed E-state index contributed by atoms with van der Waals surface area (Å²) in [5.74, 6) is 0.833. The molecule has 1 heterocycles. The van der Waals surface area contributed by atoms with Crippen LogP contribution in [0.15, 0.2) is 83.9 Å². The fourth-order valence-corrected chi connectivity index (χ4v) is 3.35. The van der Waals surface area contributed by atoms with Crippen molar-refractivity contribution >= 4 is 17.2 Å². The zero-order chi connectivity index (χ0) is 17.9. The molecule has 1 saturated heterocycles. The van der Waals surface area contributed by atoms with E-state index in [0.717, 1.165) is 35.6 Å². The summed E-state index contributed by atoms with van der Waals surface area (Å²) >= 11 is 0. The van der Waals surface area contributed by atoms with E-state index in [-0.39, 0.29) is 11.9 Å². The third-order valence-electron chi connectivity index (χ3n) is 4.86. The van der Waals surface area contributed by atoms with Crippen molar-refractivity contribution in [1.29, 1.82) is 0 Å². The number of hydrogen-bond acceptors (Lipinski definition) is 1. The lowest BCUT2D eigenvalue weighted by Gasteiger charge is -2.44. The molecule has 1 fully saturated rings. The van der Waals surface area contributed by atoms with Gasteiger partial charge in [0, 0.05) is 12.1 Å². The van der Waals surface area contributed by atoms with Crippen LogP contribution in [0.3, 0.4) is 0 Å². The second kappa shape index (κ2) is 7.12. The van der Waals surface area contributed by atoms with Crippen molar-refractivity contribution in [1.82, 2.24) is 0 Å². The SMILES string of the molecule is CCc1ccc(N2C(=Nc3ccccc3)CC2c2ccc(F)cc2)cc1. The summed E-state index contributed by atoms with van der Waals surface area (Å²) in [4.78, 5) is 7.08. The molecule has 0 N–H and O–H groups in total. The van der Waals surface area contributed by atoms with Gasteiger partial charge in [-0.25, -0.2) is 9.38 Å². The summed E-state index contributed by atoms with van der Waals surface area (Å²) in [5.41, 5.74) is 4.50. The molecule has 1 aliphatic heterocycles. The number of aryl methyl sites for hydroxylation is 1. The Hall–Kier alpha value is -2.94. The van der Waals surface area contributed by atoms with E-state index < -0.39 is 0 Å². The lowest BCUT2D eigenvalue weighted by atomic mass is 9.92. The molecule has 1 atom stereocenters. The maximum Gasteiger partial charge on any atom is 0.123 e. The molecule has 26 heavy (non-hydrogen) atoms. The van der Waals surface area contributed by atoms with Gasteiger partial charge in [0.15, 0.2) is 0 Å². The Kier molecular flexibility index (Phi) is 4.53. The van der Waals surface area contributed by atoms with Crippen molar-refractivity contribution in [2.24, 2.45) is 4.99 Å². The zero-order valence-electron chi connectivity index (χ0n) is 14.8. The van der Waals surface area contributed by atoms with Gasteiger partial charge in [0.05, 0.1) is 11.7 Å². The van der Waals surface area contributed by atoms with Crippen molar-refractivity contribution in [3.8, 4) is 0 Å². The summed E-state index contributed by atoms with van der Waals surface area (Å²) in [7, 11) is 0. The number of amidine groups is 1. The third kappa shape index (κ3) is 3.25. The molecule has 1 aliphatic rings. The summed E-state index contributed by atoms with van der Waals surface area (Å²) in [5, 5.41) is 0. The predicted molar refractivity (Wildman–Crippen MR) is 106 cm³/mol. The molecule has 130 valence electrons. The topological polar surface area (TPSA) is 15.6 Å². The van der Waals surface area contributed by atoms with Gasteiger partial charge in [-0.3, -0.25) is 0 Å². The normalized spacial score (nSPS) is 18.0. The Morgan fingerprint density at radius 2 is 1.62 bits per heavy atom. The zero-order valence-corrected chi connectivity index (χ0v) is 14.8. The highest BCUT2D eigenvalue weighted by molar-refractivity contribution is 6.06. The highest BCUT2D eigenvalue weighted by atomic mass is 19.1. The minimum atomic E-state index is -0.204. The third-order valence-corrected chi connectivity index (χ3v) is 4.86. The Labute approximate surface area is 153 Å². The van der Waals surface area contributed by atoms with E-state index in [4.69, 9.17) is 4.99 Å². The first-order valence-electron chi connectivity index (χ1n) is 9.01. The van der Waals surface area contributed by atoms with Gasteiger partial charge < -0.3 is 4.90 Å². The minimum Gasteiger partial charge on any atom is -0.322 e. The lowest BCUT2D eigenvalue weighted by Crippen LogP contribution is -2.46. The number of aliphatic imine (C=N–C) groups is 1. The molecule has 0 amide bonds. The van der Waals surface area contributed by atoms with Gasteiger partial charge >= 0.3 is 0 Å². The second-order valence-corrected chi connectivity index (χ2v) is 6.53. The second-order valence-electron chi connectivity index (χ2n) is 6.53. The quantitative estimate of drug-likeness (QED) is 0.561. The van der Waals surface area contributed by atoms with E-state index in [9.17, 15) is 4.39 Å². The smallest absolute Gasteiger partial charge is 0.123 e. The Morgan fingerprint density at radius 3 is 2.27 bits per heavy atom.